The first-order valence-corrected chi connectivity index (χ1v) is 5.59. The molecule has 17 heavy (non-hydrogen) atoms. The summed E-state index contributed by atoms with van der Waals surface area (Å²) < 4.78 is 0. The van der Waals surface area contributed by atoms with E-state index in [9.17, 15) is 14.7 Å². The fraction of sp³-hybridized carbons (Fsp3) is 0.818. The monoisotopic (exact) mass is 246 g/mol. The third-order valence-electron chi connectivity index (χ3n) is 2.36. The first-order valence-electron chi connectivity index (χ1n) is 5.59. The number of carbonyl (C=O) groups is 2. The van der Waals surface area contributed by atoms with E-state index in [-0.39, 0.29) is 24.3 Å². The number of rotatable bonds is 7. The molecule has 100 valence electrons. The van der Waals surface area contributed by atoms with Crippen LogP contribution < -0.4 is 10.6 Å². The molecule has 0 fully saturated rings. The van der Waals surface area contributed by atoms with Crippen LogP contribution in [0.3, 0.4) is 0 Å². The molecule has 6 heteroatoms. The molecule has 1 unspecified atom stereocenters. The van der Waals surface area contributed by atoms with Crippen molar-refractivity contribution >= 4 is 11.8 Å². The van der Waals surface area contributed by atoms with E-state index >= 15 is 0 Å². The fourth-order valence-electron chi connectivity index (χ4n) is 1.28. The van der Waals surface area contributed by atoms with Crippen LogP contribution in [0.25, 0.3) is 0 Å². The van der Waals surface area contributed by atoms with E-state index in [0.29, 0.717) is 13.0 Å². The highest BCUT2D eigenvalue weighted by atomic mass is 16.3. The average Bonchev–Trinajstić information content (AvgIpc) is 2.25. The van der Waals surface area contributed by atoms with Gasteiger partial charge < -0.3 is 20.8 Å². The smallest absolute Gasteiger partial charge is 0.248 e. The Labute approximate surface area is 101 Å². The van der Waals surface area contributed by atoms with Crippen molar-refractivity contribution in [3.05, 3.63) is 0 Å². The van der Waals surface area contributed by atoms with Gasteiger partial charge in [0, 0.05) is 33.0 Å². The molecule has 0 spiro atoms. The van der Waals surface area contributed by atoms with Crippen molar-refractivity contribution in [2.75, 3.05) is 20.2 Å². The third kappa shape index (κ3) is 6.91. The highest BCUT2D eigenvalue weighted by molar-refractivity contribution is 5.80. The van der Waals surface area contributed by atoms with E-state index in [2.05, 4.69) is 10.6 Å². The van der Waals surface area contributed by atoms with Crippen LogP contribution in [0.5, 0.6) is 0 Å². The van der Waals surface area contributed by atoms with Gasteiger partial charge in [0.2, 0.25) is 11.8 Å². The summed E-state index contributed by atoms with van der Waals surface area (Å²) in [7, 11) is 1.56. The molecule has 0 aromatic rings. The first kappa shape index (κ1) is 15.9. The lowest BCUT2D eigenvalue weighted by molar-refractivity contribution is -0.131. The van der Waals surface area contributed by atoms with Crippen LogP contribution in [-0.4, -0.2) is 48.3 Å². The van der Waals surface area contributed by atoms with Gasteiger partial charge >= 0.3 is 0 Å². The predicted octanol–water partition coefficient (Wildman–Crippen LogP) is -0.992. The molecular formula is C11H22N2O4. The molecule has 0 aliphatic carbocycles. The third-order valence-corrected chi connectivity index (χ3v) is 2.36. The topological polar surface area (TPSA) is 98.7 Å². The van der Waals surface area contributed by atoms with Gasteiger partial charge in [0.25, 0.3) is 0 Å². The zero-order valence-electron chi connectivity index (χ0n) is 10.6. The molecule has 0 bridgehead atoms. The Morgan fingerprint density at radius 2 is 1.94 bits per heavy atom. The molecule has 2 amide bonds. The Kier molecular flexibility index (Phi) is 6.75. The van der Waals surface area contributed by atoms with Crippen molar-refractivity contribution in [2.45, 2.75) is 32.8 Å². The molecule has 0 saturated carbocycles. The van der Waals surface area contributed by atoms with Crippen molar-refractivity contribution in [1.82, 2.24) is 10.6 Å². The molecule has 0 radical (unpaired) electrons. The van der Waals surface area contributed by atoms with E-state index < -0.39 is 12.0 Å². The van der Waals surface area contributed by atoms with E-state index in [1.807, 2.05) is 13.8 Å². The molecule has 0 aromatic heterocycles. The van der Waals surface area contributed by atoms with Crippen LogP contribution in [0.1, 0.15) is 26.7 Å². The summed E-state index contributed by atoms with van der Waals surface area (Å²) in [5.41, 5.74) is -0.380. The molecule has 6 nitrogen and oxygen atoms in total. The molecule has 4 N–H and O–H groups in total. The summed E-state index contributed by atoms with van der Waals surface area (Å²) >= 11 is 0. The summed E-state index contributed by atoms with van der Waals surface area (Å²) in [5, 5.41) is 22.9. The zero-order valence-corrected chi connectivity index (χ0v) is 10.6. The maximum Gasteiger partial charge on any atom is 0.248 e. The maximum absolute atomic E-state index is 11.4. The van der Waals surface area contributed by atoms with Gasteiger partial charge in [-0.15, -0.1) is 0 Å². The number of hydrogen-bond donors (Lipinski definition) is 4. The Morgan fingerprint density at radius 3 is 2.41 bits per heavy atom. The van der Waals surface area contributed by atoms with Gasteiger partial charge in [-0.2, -0.15) is 0 Å². The second-order valence-corrected chi connectivity index (χ2v) is 4.76. The predicted molar refractivity (Wildman–Crippen MR) is 63.2 cm³/mol. The van der Waals surface area contributed by atoms with Gasteiger partial charge in [-0.1, -0.05) is 13.8 Å². The summed E-state index contributed by atoms with van der Waals surface area (Å²) in [5.74, 6) is -0.621. The lowest BCUT2D eigenvalue weighted by atomic mass is 9.89. The number of carbonyl (C=O) groups excluding carboxylic acids is 2. The van der Waals surface area contributed by atoms with Crippen molar-refractivity contribution in [2.24, 2.45) is 5.41 Å². The second kappa shape index (κ2) is 7.24. The van der Waals surface area contributed by atoms with Gasteiger partial charge in [-0.05, 0) is 5.41 Å². The van der Waals surface area contributed by atoms with Crippen LogP contribution in [0.2, 0.25) is 0 Å². The van der Waals surface area contributed by atoms with Crippen molar-refractivity contribution in [1.29, 1.82) is 0 Å². The van der Waals surface area contributed by atoms with Crippen LogP contribution in [0.15, 0.2) is 0 Å². The molecular weight excluding hydrogens is 224 g/mol. The van der Waals surface area contributed by atoms with Gasteiger partial charge in [-0.3, -0.25) is 9.59 Å². The molecule has 0 aliphatic heterocycles. The molecule has 1 atom stereocenters. The van der Waals surface area contributed by atoms with Crippen LogP contribution >= 0.6 is 0 Å². The van der Waals surface area contributed by atoms with Crippen LogP contribution in [0.4, 0.5) is 0 Å². The van der Waals surface area contributed by atoms with Gasteiger partial charge in [0.05, 0.1) is 0 Å². The van der Waals surface area contributed by atoms with Gasteiger partial charge in [0.15, 0.2) is 0 Å². The van der Waals surface area contributed by atoms with Crippen molar-refractivity contribution in [3.8, 4) is 0 Å². The summed E-state index contributed by atoms with van der Waals surface area (Å²) in [6.07, 6.45) is -0.891. The summed E-state index contributed by atoms with van der Waals surface area (Å²) in [4.78, 5) is 22.6. The molecule has 0 heterocycles. The SMILES string of the molecule is CNC(=O)CC(C)(C)CNC(=O)C(O)CCO. The Morgan fingerprint density at radius 1 is 1.35 bits per heavy atom. The minimum atomic E-state index is -1.20. The lowest BCUT2D eigenvalue weighted by Crippen LogP contribution is -2.41. The highest BCUT2D eigenvalue weighted by Crippen LogP contribution is 2.18. The quantitative estimate of drug-likeness (QED) is 0.463. The highest BCUT2D eigenvalue weighted by Gasteiger charge is 2.23. The average molecular weight is 246 g/mol. The van der Waals surface area contributed by atoms with E-state index in [1.165, 1.54) is 0 Å². The zero-order chi connectivity index (χ0) is 13.5. The van der Waals surface area contributed by atoms with Crippen molar-refractivity contribution in [3.63, 3.8) is 0 Å². The number of aliphatic hydroxyl groups is 2. The normalized spacial score (nSPS) is 13.0. The molecule has 0 aromatic carbocycles. The number of aliphatic hydroxyl groups excluding tert-OH is 2. The van der Waals surface area contributed by atoms with E-state index in [1.54, 1.807) is 7.05 Å². The lowest BCUT2D eigenvalue weighted by Gasteiger charge is -2.24. The number of amides is 2. The second-order valence-electron chi connectivity index (χ2n) is 4.76. The molecule has 0 aliphatic rings. The number of hydrogen-bond acceptors (Lipinski definition) is 4. The maximum atomic E-state index is 11.4. The van der Waals surface area contributed by atoms with Crippen LogP contribution in [0, 0.1) is 5.41 Å². The molecule has 0 saturated heterocycles. The minimum absolute atomic E-state index is 0.0156. The van der Waals surface area contributed by atoms with Gasteiger partial charge in [-0.25, -0.2) is 0 Å². The van der Waals surface area contributed by atoms with E-state index in [4.69, 9.17) is 5.11 Å². The summed E-state index contributed by atoms with van der Waals surface area (Å²) in [6, 6.07) is 0. The largest absolute Gasteiger partial charge is 0.396 e. The Balaban J connectivity index is 4.08. The Bertz CT molecular complexity index is 266. The minimum Gasteiger partial charge on any atom is -0.396 e. The molecule has 0 rings (SSSR count). The Hall–Kier alpha value is -1.14. The number of nitrogens with one attached hydrogen (secondary N) is 2. The van der Waals surface area contributed by atoms with Crippen LogP contribution in [-0.2, 0) is 9.59 Å². The van der Waals surface area contributed by atoms with Crippen molar-refractivity contribution < 1.29 is 19.8 Å². The van der Waals surface area contributed by atoms with Gasteiger partial charge in [0.1, 0.15) is 6.10 Å². The fourth-order valence-corrected chi connectivity index (χ4v) is 1.28. The van der Waals surface area contributed by atoms with E-state index in [0.717, 1.165) is 0 Å². The first-order chi connectivity index (χ1) is 7.82. The standard InChI is InChI=1S/C11H22N2O4/c1-11(2,6-9(16)12-3)7-13-10(17)8(15)4-5-14/h8,14-15H,4-7H2,1-3H3,(H,12,16)(H,13,17). The summed E-state index contributed by atoms with van der Waals surface area (Å²) in [6.45, 7) is 3.75.